The van der Waals surface area contributed by atoms with Crippen LogP contribution in [0.4, 0.5) is 17.6 Å². The number of hydrogen-bond donors (Lipinski definition) is 0. The first-order valence-electron chi connectivity index (χ1n) is 14.6. The number of likely N-dealkylation sites (tertiary alicyclic amines) is 1. The molecular weight excluding hydrogens is 554 g/mol. The molecule has 4 atom stereocenters. The summed E-state index contributed by atoms with van der Waals surface area (Å²) in [6, 6.07) is 9.67. The van der Waals surface area contributed by atoms with Crippen molar-refractivity contribution < 1.29 is 31.9 Å². The second-order valence-corrected chi connectivity index (χ2v) is 12.1. The quantitative estimate of drug-likeness (QED) is 0.343. The lowest BCUT2D eigenvalue weighted by atomic mass is 9.78. The normalized spacial score (nSPS) is 28.7. The molecule has 0 aromatic heterocycles. The monoisotopic (exact) mass is 587 g/mol. The van der Waals surface area contributed by atoms with Crippen LogP contribution in [0.25, 0.3) is 0 Å². The van der Waals surface area contributed by atoms with Crippen LogP contribution in [0, 0.1) is 22.6 Å². The highest BCUT2D eigenvalue weighted by Crippen LogP contribution is 2.49. The molecular formula is C31H33F4N3O4. The molecule has 3 heterocycles. The summed E-state index contributed by atoms with van der Waals surface area (Å²) >= 11 is 0. The van der Waals surface area contributed by atoms with Gasteiger partial charge in [0.25, 0.3) is 11.8 Å². The van der Waals surface area contributed by atoms with E-state index in [4.69, 9.17) is 4.74 Å². The zero-order valence-corrected chi connectivity index (χ0v) is 23.1. The molecule has 2 aromatic rings. The second kappa shape index (κ2) is 11.1. The first-order chi connectivity index (χ1) is 20.1. The lowest BCUT2D eigenvalue weighted by Crippen LogP contribution is -2.59. The van der Waals surface area contributed by atoms with E-state index in [1.165, 1.54) is 18.2 Å². The molecule has 6 rings (SSSR count). The van der Waals surface area contributed by atoms with Crippen LogP contribution in [0.15, 0.2) is 47.6 Å². The number of nitroso groups, excluding NO2 is 1. The Balaban J connectivity index is 1.14. The Morgan fingerprint density at radius 2 is 1.74 bits per heavy atom. The molecule has 11 heteroatoms. The van der Waals surface area contributed by atoms with Crippen molar-refractivity contribution in [3.63, 3.8) is 0 Å². The van der Waals surface area contributed by atoms with Crippen molar-refractivity contribution in [2.45, 2.75) is 68.8 Å². The molecule has 2 amide bonds. The molecule has 224 valence electrons. The minimum absolute atomic E-state index is 0.0581. The minimum atomic E-state index is -4.45. The van der Waals surface area contributed by atoms with E-state index in [2.05, 4.69) is 10.1 Å². The first kappa shape index (κ1) is 28.9. The van der Waals surface area contributed by atoms with Crippen molar-refractivity contribution in [1.82, 2.24) is 9.80 Å². The Kier molecular flexibility index (Phi) is 7.67. The maximum absolute atomic E-state index is 14.0. The summed E-state index contributed by atoms with van der Waals surface area (Å²) in [6.45, 7) is 1.79. The van der Waals surface area contributed by atoms with Gasteiger partial charge in [-0.25, -0.2) is 4.39 Å². The lowest BCUT2D eigenvalue weighted by Gasteiger charge is -2.47. The Hall–Kier alpha value is -3.18. The lowest BCUT2D eigenvalue weighted by molar-refractivity contribution is -0.177. The number of fused-ring (bicyclic) bond motifs is 1. The van der Waals surface area contributed by atoms with Crippen molar-refractivity contribution in [2.24, 2.45) is 17.0 Å². The fraction of sp³-hybridized carbons (Fsp3) is 0.548. The highest BCUT2D eigenvalue weighted by atomic mass is 19.4. The van der Waals surface area contributed by atoms with Gasteiger partial charge in [-0.2, -0.15) is 13.2 Å². The summed E-state index contributed by atoms with van der Waals surface area (Å²) < 4.78 is 59.9. The number of nitrogens with zero attached hydrogens (tertiary/aromatic N) is 3. The second-order valence-electron chi connectivity index (χ2n) is 12.1. The summed E-state index contributed by atoms with van der Waals surface area (Å²) in [4.78, 5) is 41.6. The van der Waals surface area contributed by atoms with E-state index in [0.717, 1.165) is 36.1 Å². The predicted molar refractivity (Wildman–Crippen MR) is 145 cm³/mol. The first-order valence-corrected chi connectivity index (χ1v) is 14.6. The van der Waals surface area contributed by atoms with Crippen molar-refractivity contribution in [2.75, 3.05) is 26.2 Å². The molecule has 0 unspecified atom stereocenters. The highest BCUT2D eigenvalue weighted by Gasteiger charge is 2.56. The number of halogens is 4. The summed E-state index contributed by atoms with van der Waals surface area (Å²) in [5.74, 6) is -2.09. The molecule has 0 N–H and O–H groups in total. The largest absolute Gasteiger partial charge is 0.416 e. The number of benzene rings is 2. The third-order valence-electron chi connectivity index (χ3n) is 9.68. The molecule has 1 saturated carbocycles. The Bertz CT molecular complexity index is 1350. The predicted octanol–water partition coefficient (Wildman–Crippen LogP) is 5.46. The van der Waals surface area contributed by atoms with E-state index in [0.29, 0.717) is 50.9 Å². The fourth-order valence-electron chi connectivity index (χ4n) is 7.19. The van der Waals surface area contributed by atoms with Gasteiger partial charge in [-0.1, -0.05) is 18.2 Å². The maximum Gasteiger partial charge on any atom is 0.416 e. The van der Waals surface area contributed by atoms with Gasteiger partial charge in [0.05, 0.1) is 18.1 Å². The van der Waals surface area contributed by atoms with Gasteiger partial charge in [-0.3, -0.25) is 14.5 Å². The van der Waals surface area contributed by atoms with Gasteiger partial charge in [0, 0.05) is 30.9 Å². The summed E-state index contributed by atoms with van der Waals surface area (Å²) in [5, 5.41) is 2.72. The van der Waals surface area contributed by atoms with Crippen molar-refractivity contribution in [3.8, 4) is 0 Å². The molecule has 42 heavy (non-hydrogen) atoms. The molecule has 7 nitrogen and oxygen atoms in total. The van der Waals surface area contributed by atoms with Crippen LogP contribution in [0.3, 0.4) is 0 Å². The standard InChI is InChI=1S/C31H33F4N3O4/c32-24-7-2-20(3-8-24)26-11-14-37(17-27(26)28(39)36-41)25-9-12-30(42-18-25,22-5-6-22)29(40)38-13-10-19-1-4-23(31(33,34)35)15-21(19)16-38/h1-4,7-8,15,22,25-27H,5-6,9-14,16-18H2/t25-,26+,27-,30+/m1/s1. The number of alkyl halides is 3. The summed E-state index contributed by atoms with van der Waals surface area (Å²) in [6.07, 6.45) is -0.499. The van der Waals surface area contributed by atoms with Gasteiger partial charge in [0.2, 0.25) is 0 Å². The molecule has 1 aliphatic carbocycles. The zero-order chi connectivity index (χ0) is 29.6. The Morgan fingerprint density at radius 3 is 2.38 bits per heavy atom. The number of carbonyl (C=O) groups is 2. The van der Waals surface area contributed by atoms with Crippen molar-refractivity contribution in [3.05, 3.63) is 75.4 Å². The maximum atomic E-state index is 14.0. The van der Waals surface area contributed by atoms with Gasteiger partial charge < -0.3 is 9.64 Å². The number of amides is 2. The number of carbonyl (C=O) groups excluding carboxylic acids is 2. The highest BCUT2D eigenvalue weighted by molar-refractivity contribution is 5.86. The minimum Gasteiger partial charge on any atom is -0.363 e. The fourth-order valence-corrected chi connectivity index (χ4v) is 7.19. The Labute approximate surface area is 241 Å². The topological polar surface area (TPSA) is 79.3 Å². The third-order valence-corrected chi connectivity index (χ3v) is 9.68. The van der Waals surface area contributed by atoms with E-state index < -0.39 is 29.2 Å². The van der Waals surface area contributed by atoms with Crippen LogP contribution in [0.2, 0.25) is 0 Å². The SMILES string of the molecule is O=NC(=O)[C@@H]1CN([C@@H]2CC[C@@](C(=O)N3CCc4ccc(C(F)(F)F)cc4C3)(C3CC3)OC2)CC[C@H]1c1ccc(F)cc1. The molecule has 0 radical (unpaired) electrons. The van der Waals surface area contributed by atoms with E-state index in [-0.39, 0.29) is 42.8 Å². The van der Waals surface area contributed by atoms with Crippen LogP contribution >= 0.6 is 0 Å². The molecule has 2 saturated heterocycles. The van der Waals surface area contributed by atoms with E-state index in [9.17, 15) is 32.1 Å². The number of piperidine rings is 1. The molecule has 2 aromatic carbocycles. The number of rotatable bonds is 5. The molecule has 3 fully saturated rings. The average Bonchev–Trinajstić information content (AvgIpc) is 3.86. The van der Waals surface area contributed by atoms with Crippen LogP contribution in [0.5, 0.6) is 0 Å². The molecule has 3 aliphatic heterocycles. The number of hydrogen-bond acceptors (Lipinski definition) is 5. The van der Waals surface area contributed by atoms with Gasteiger partial charge in [0.15, 0.2) is 0 Å². The molecule has 0 spiro atoms. The summed E-state index contributed by atoms with van der Waals surface area (Å²) in [5.41, 5.74) is 0.431. The van der Waals surface area contributed by atoms with E-state index in [1.54, 1.807) is 17.0 Å². The van der Waals surface area contributed by atoms with Crippen LogP contribution in [-0.4, -0.2) is 59.5 Å². The Morgan fingerprint density at radius 1 is 0.976 bits per heavy atom. The van der Waals surface area contributed by atoms with Crippen LogP contribution in [0.1, 0.15) is 60.3 Å². The van der Waals surface area contributed by atoms with Gasteiger partial charge in [-0.05, 0) is 97.9 Å². The van der Waals surface area contributed by atoms with Gasteiger partial charge in [0.1, 0.15) is 11.4 Å². The van der Waals surface area contributed by atoms with E-state index in [1.807, 2.05) is 0 Å². The van der Waals surface area contributed by atoms with Crippen molar-refractivity contribution in [1.29, 1.82) is 0 Å². The van der Waals surface area contributed by atoms with Gasteiger partial charge in [-0.15, -0.1) is 4.91 Å². The average molecular weight is 588 g/mol. The van der Waals surface area contributed by atoms with E-state index >= 15 is 0 Å². The van der Waals surface area contributed by atoms with Crippen LogP contribution < -0.4 is 0 Å². The van der Waals surface area contributed by atoms with Gasteiger partial charge >= 0.3 is 6.18 Å². The van der Waals surface area contributed by atoms with Crippen molar-refractivity contribution >= 4 is 11.8 Å². The molecule has 4 aliphatic rings. The molecule has 0 bridgehead atoms. The number of ether oxygens (including phenoxy) is 1. The zero-order valence-electron chi connectivity index (χ0n) is 23.1. The summed E-state index contributed by atoms with van der Waals surface area (Å²) in [7, 11) is 0. The third kappa shape index (κ3) is 5.48. The smallest absolute Gasteiger partial charge is 0.363 e. The van der Waals surface area contributed by atoms with Crippen LogP contribution in [-0.2, 0) is 33.5 Å².